The number of halogens is 2. The SMILES string of the molecule is COc1cc(OC)c(Cl)c(-c2ccc(C(=O)Nc3ccc(O)cc3)c3nccnc23)c1Cl. The number of carbonyl (C=O) groups is 1. The summed E-state index contributed by atoms with van der Waals surface area (Å²) in [6.45, 7) is 0. The van der Waals surface area contributed by atoms with Crippen molar-refractivity contribution in [3.05, 3.63) is 70.5 Å². The lowest BCUT2D eigenvalue weighted by Crippen LogP contribution is -2.13. The van der Waals surface area contributed by atoms with E-state index in [9.17, 15) is 9.90 Å². The van der Waals surface area contributed by atoms with Crippen molar-refractivity contribution in [2.45, 2.75) is 0 Å². The third-order valence-electron chi connectivity index (χ3n) is 4.84. The average Bonchev–Trinajstić information content (AvgIpc) is 2.81. The number of anilines is 1. The van der Waals surface area contributed by atoms with Crippen LogP contribution >= 0.6 is 23.2 Å². The van der Waals surface area contributed by atoms with E-state index < -0.39 is 0 Å². The highest BCUT2D eigenvalue weighted by atomic mass is 35.5. The van der Waals surface area contributed by atoms with Crippen LogP contribution in [0.4, 0.5) is 5.69 Å². The van der Waals surface area contributed by atoms with Crippen LogP contribution in [0.5, 0.6) is 17.2 Å². The summed E-state index contributed by atoms with van der Waals surface area (Å²) in [5, 5.41) is 12.8. The Morgan fingerprint density at radius 1 is 0.906 bits per heavy atom. The number of carbonyl (C=O) groups excluding carboxylic acids is 1. The fourth-order valence-electron chi connectivity index (χ4n) is 3.31. The first-order valence-electron chi connectivity index (χ1n) is 9.39. The Hall–Kier alpha value is -3.55. The van der Waals surface area contributed by atoms with Gasteiger partial charge < -0.3 is 19.9 Å². The van der Waals surface area contributed by atoms with Gasteiger partial charge in [-0.05, 0) is 30.3 Å². The molecule has 0 aliphatic heterocycles. The number of methoxy groups -OCH3 is 2. The van der Waals surface area contributed by atoms with Gasteiger partial charge >= 0.3 is 0 Å². The van der Waals surface area contributed by atoms with Gasteiger partial charge in [-0.1, -0.05) is 29.3 Å². The molecule has 4 rings (SSSR count). The summed E-state index contributed by atoms with van der Waals surface area (Å²) < 4.78 is 10.7. The zero-order chi connectivity index (χ0) is 22.8. The van der Waals surface area contributed by atoms with Crippen molar-refractivity contribution < 1.29 is 19.4 Å². The highest BCUT2D eigenvalue weighted by Gasteiger charge is 2.23. The molecule has 0 unspecified atom stereocenters. The predicted octanol–water partition coefficient (Wildman–Crippen LogP) is 5.58. The van der Waals surface area contributed by atoms with Crippen LogP contribution in [0.15, 0.2) is 54.9 Å². The van der Waals surface area contributed by atoms with Crippen molar-refractivity contribution >= 4 is 45.8 Å². The van der Waals surface area contributed by atoms with Gasteiger partial charge in [0.15, 0.2) is 0 Å². The molecule has 0 spiro atoms. The van der Waals surface area contributed by atoms with Crippen LogP contribution in [-0.2, 0) is 0 Å². The first-order valence-corrected chi connectivity index (χ1v) is 10.1. The zero-order valence-corrected chi connectivity index (χ0v) is 18.5. The number of amides is 1. The van der Waals surface area contributed by atoms with E-state index in [1.165, 1.54) is 38.7 Å². The summed E-state index contributed by atoms with van der Waals surface area (Å²) in [6, 6.07) is 11.1. The number of benzene rings is 3. The fourth-order valence-corrected chi connectivity index (χ4v) is 4.01. The Bertz CT molecular complexity index is 1300. The third-order valence-corrected chi connectivity index (χ3v) is 5.59. The first-order chi connectivity index (χ1) is 15.4. The van der Waals surface area contributed by atoms with Crippen molar-refractivity contribution in [3.63, 3.8) is 0 Å². The van der Waals surface area contributed by atoms with Crippen molar-refractivity contribution in [2.75, 3.05) is 19.5 Å². The van der Waals surface area contributed by atoms with E-state index in [2.05, 4.69) is 15.3 Å². The summed E-state index contributed by atoms with van der Waals surface area (Å²) in [6.07, 6.45) is 3.02. The van der Waals surface area contributed by atoms with Gasteiger partial charge in [-0.25, -0.2) is 0 Å². The minimum atomic E-state index is -0.381. The highest BCUT2D eigenvalue weighted by Crippen LogP contribution is 2.47. The summed E-state index contributed by atoms with van der Waals surface area (Å²) in [7, 11) is 2.99. The molecule has 9 heteroatoms. The van der Waals surface area contributed by atoms with Crippen LogP contribution in [0.1, 0.15) is 10.4 Å². The standard InChI is InChI=1S/C23H17Cl2N3O4/c1-31-16-11-17(32-2)20(25)18(19(16)24)14-7-8-15(22-21(14)26-9-10-27-22)23(30)28-12-3-5-13(29)6-4-12/h3-11,29H,1-2H3,(H,28,30). The second kappa shape index (κ2) is 8.90. The average molecular weight is 470 g/mol. The third kappa shape index (κ3) is 3.88. The predicted molar refractivity (Wildman–Crippen MR) is 124 cm³/mol. The Morgan fingerprint density at radius 3 is 2.09 bits per heavy atom. The van der Waals surface area contributed by atoms with Crippen molar-refractivity contribution in [1.29, 1.82) is 0 Å². The van der Waals surface area contributed by atoms with E-state index in [1.54, 1.807) is 30.3 Å². The molecule has 1 heterocycles. The van der Waals surface area contributed by atoms with Crippen molar-refractivity contribution in [3.8, 4) is 28.4 Å². The number of hydrogen-bond acceptors (Lipinski definition) is 6. The van der Waals surface area contributed by atoms with E-state index in [4.69, 9.17) is 32.7 Å². The molecule has 4 aromatic rings. The molecular weight excluding hydrogens is 453 g/mol. The molecule has 32 heavy (non-hydrogen) atoms. The van der Waals surface area contributed by atoms with E-state index >= 15 is 0 Å². The number of hydrogen-bond donors (Lipinski definition) is 2. The Kier molecular flexibility index (Phi) is 6.03. The summed E-state index contributed by atoms with van der Waals surface area (Å²) >= 11 is 13.2. The number of aromatic nitrogens is 2. The molecular formula is C23H17Cl2N3O4. The van der Waals surface area contributed by atoms with Gasteiger partial charge in [-0.3, -0.25) is 14.8 Å². The molecule has 1 amide bonds. The van der Waals surface area contributed by atoms with Crippen LogP contribution in [0.25, 0.3) is 22.2 Å². The number of phenolic OH excluding ortho intramolecular Hbond substituents is 1. The Labute approximate surface area is 193 Å². The molecule has 3 aromatic carbocycles. The topological polar surface area (TPSA) is 93.6 Å². The lowest BCUT2D eigenvalue weighted by atomic mass is 9.99. The number of nitrogens with zero attached hydrogens (tertiary/aromatic N) is 2. The second-order valence-corrected chi connectivity index (χ2v) is 7.46. The first kappa shape index (κ1) is 21.7. The smallest absolute Gasteiger partial charge is 0.257 e. The molecule has 0 saturated carbocycles. The van der Waals surface area contributed by atoms with Crippen LogP contribution in [-0.4, -0.2) is 35.2 Å². The molecule has 0 atom stereocenters. The number of aromatic hydroxyl groups is 1. The number of nitrogens with one attached hydrogen (secondary N) is 1. The highest BCUT2D eigenvalue weighted by molar-refractivity contribution is 6.41. The fraction of sp³-hybridized carbons (Fsp3) is 0.0870. The molecule has 7 nitrogen and oxygen atoms in total. The number of fused-ring (bicyclic) bond motifs is 1. The lowest BCUT2D eigenvalue weighted by molar-refractivity contribution is 0.102. The van der Waals surface area contributed by atoms with Gasteiger partial charge in [0.05, 0.1) is 35.3 Å². The number of ether oxygens (including phenoxy) is 2. The Morgan fingerprint density at radius 2 is 1.50 bits per heavy atom. The minimum absolute atomic E-state index is 0.103. The number of phenols is 1. The summed E-state index contributed by atoms with van der Waals surface area (Å²) in [5.74, 6) is 0.488. The van der Waals surface area contributed by atoms with Gasteiger partial charge in [0.1, 0.15) is 22.8 Å². The summed E-state index contributed by atoms with van der Waals surface area (Å²) in [4.78, 5) is 21.8. The van der Waals surface area contributed by atoms with Gasteiger partial charge in [0.2, 0.25) is 0 Å². The van der Waals surface area contributed by atoms with E-state index in [0.29, 0.717) is 44.9 Å². The van der Waals surface area contributed by atoms with Gasteiger partial charge in [0, 0.05) is 35.3 Å². The van der Waals surface area contributed by atoms with Crippen LogP contribution in [0.3, 0.4) is 0 Å². The van der Waals surface area contributed by atoms with Crippen molar-refractivity contribution in [1.82, 2.24) is 9.97 Å². The minimum Gasteiger partial charge on any atom is -0.508 e. The van der Waals surface area contributed by atoms with Gasteiger partial charge in [-0.2, -0.15) is 0 Å². The lowest BCUT2D eigenvalue weighted by Gasteiger charge is -2.16. The molecule has 0 radical (unpaired) electrons. The van der Waals surface area contributed by atoms with E-state index in [1.807, 2.05) is 0 Å². The maximum absolute atomic E-state index is 13.0. The largest absolute Gasteiger partial charge is 0.508 e. The zero-order valence-electron chi connectivity index (χ0n) is 17.0. The van der Waals surface area contributed by atoms with Crippen molar-refractivity contribution in [2.24, 2.45) is 0 Å². The molecule has 0 saturated heterocycles. The monoisotopic (exact) mass is 469 g/mol. The molecule has 2 N–H and O–H groups in total. The Balaban J connectivity index is 1.87. The molecule has 0 aliphatic rings. The van der Waals surface area contributed by atoms with Crippen LogP contribution in [0.2, 0.25) is 10.0 Å². The normalized spacial score (nSPS) is 10.8. The maximum atomic E-state index is 13.0. The maximum Gasteiger partial charge on any atom is 0.257 e. The molecule has 1 aromatic heterocycles. The number of rotatable bonds is 5. The van der Waals surface area contributed by atoms with Gasteiger partial charge in [-0.15, -0.1) is 0 Å². The quantitative estimate of drug-likeness (QED) is 0.370. The molecule has 0 bridgehead atoms. The van der Waals surface area contributed by atoms with Crippen LogP contribution in [0, 0.1) is 0 Å². The van der Waals surface area contributed by atoms with Crippen LogP contribution < -0.4 is 14.8 Å². The van der Waals surface area contributed by atoms with E-state index in [0.717, 1.165) is 0 Å². The van der Waals surface area contributed by atoms with Gasteiger partial charge in [0.25, 0.3) is 5.91 Å². The summed E-state index contributed by atoms with van der Waals surface area (Å²) in [5.41, 5.74) is 2.67. The molecule has 162 valence electrons. The second-order valence-electron chi connectivity index (χ2n) is 6.70. The molecule has 0 fully saturated rings. The van der Waals surface area contributed by atoms with E-state index in [-0.39, 0.29) is 21.7 Å². The molecule has 0 aliphatic carbocycles.